The molecule has 1 aliphatic heterocycles. The van der Waals surface area contributed by atoms with Crippen molar-refractivity contribution in [2.45, 2.75) is 25.1 Å². The standard InChI is InChI=1S/C12H19N3S/c1-2-12-9-15(5-6-16-12)8-11-7-10(13)3-4-14-11/h3-4,7,12H,2,5-6,8-9H2,1H3,(H2,13,14). The average molecular weight is 237 g/mol. The van der Waals surface area contributed by atoms with E-state index in [1.54, 1.807) is 6.20 Å². The summed E-state index contributed by atoms with van der Waals surface area (Å²) in [6, 6.07) is 3.81. The summed E-state index contributed by atoms with van der Waals surface area (Å²) in [5, 5.41) is 0.787. The van der Waals surface area contributed by atoms with Crippen LogP contribution in [0.3, 0.4) is 0 Å². The van der Waals surface area contributed by atoms with Crippen molar-refractivity contribution in [3.63, 3.8) is 0 Å². The lowest BCUT2D eigenvalue weighted by Crippen LogP contribution is -2.37. The van der Waals surface area contributed by atoms with Crippen molar-refractivity contribution in [2.24, 2.45) is 0 Å². The Labute approximate surface area is 101 Å². The molecule has 1 aliphatic rings. The SMILES string of the molecule is CCC1CN(Cc2cc(N)ccn2)CCS1. The number of rotatable bonds is 3. The van der Waals surface area contributed by atoms with Crippen LogP contribution >= 0.6 is 11.8 Å². The van der Waals surface area contributed by atoms with Crippen LogP contribution in [0, 0.1) is 0 Å². The number of thioether (sulfide) groups is 1. The van der Waals surface area contributed by atoms with E-state index in [4.69, 9.17) is 5.73 Å². The van der Waals surface area contributed by atoms with E-state index in [2.05, 4.69) is 28.6 Å². The van der Waals surface area contributed by atoms with Crippen LogP contribution < -0.4 is 5.73 Å². The minimum atomic E-state index is 0.787. The van der Waals surface area contributed by atoms with Crippen LogP contribution in [0.2, 0.25) is 0 Å². The molecule has 0 radical (unpaired) electrons. The second-order valence-corrected chi connectivity index (χ2v) is 5.62. The van der Waals surface area contributed by atoms with Gasteiger partial charge in [-0.2, -0.15) is 11.8 Å². The van der Waals surface area contributed by atoms with E-state index >= 15 is 0 Å². The van der Waals surface area contributed by atoms with Crippen molar-refractivity contribution in [1.29, 1.82) is 0 Å². The van der Waals surface area contributed by atoms with Gasteiger partial charge in [-0.1, -0.05) is 6.92 Å². The Morgan fingerprint density at radius 1 is 1.62 bits per heavy atom. The number of hydrogen-bond acceptors (Lipinski definition) is 4. The molecule has 1 fully saturated rings. The van der Waals surface area contributed by atoms with Gasteiger partial charge in [0.25, 0.3) is 0 Å². The molecule has 0 aliphatic carbocycles. The Hall–Kier alpha value is -0.740. The van der Waals surface area contributed by atoms with Crippen LogP contribution in [0.5, 0.6) is 0 Å². The van der Waals surface area contributed by atoms with Crippen LogP contribution in [-0.4, -0.2) is 34.0 Å². The summed E-state index contributed by atoms with van der Waals surface area (Å²) in [6.45, 7) is 5.54. The summed E-state index contributed by atoms with van der Waals surface area (Å²) in [5.41, 5.74) is 7.65. The van der Waals surface area contributed by atoms with E-state index < -0.39 is 0 Å². The molecule has 16 heavy (non-hydrogen) atoms. The first kappa shape index (κ1) is 11.7. The molecule has 4 heteroatoms. The lowest BCUT2D eigenvalue weighted by atomic mass is 10.2. The van der Waals surface area contributed by atoms with Crippen molar-refractivity contribution in [2.75, 3.05) is 24.6 Å². The fourth-order valence-electron chi connectivity index (χ4n) is 1.98. The van der Waals surface area contributed by atoms with Crippen molar-refractivity contribution < 1.29 is 0 Å². The second kappa shape index (κ2) is 5.55. The smallest absolute Gasteiger partial charge is 0.0564 e. The van der Waals surface area contributed by atoms with Crippen molar-refractivity contribution >= 4 is 17.4 Å². The van der Waals surface area contributed by atoms with Crippen LogP contribution in [0.4, 0.5) is 5.69 Å². The Bertz CT molecular complexity index is 343. The minimum absolute atomic E-state index is 0.787. The van der Waals surface area contributed by atoms with Gasteiger partial charge >= 0.3 is 0 Å². The molecule has 2 heterocycles. The van der Waals surface area contributed by atoms with E-state index in [-0.39, 0.29) is 0 Å². The first-order chi connectivity index (χ1) is 7.78. The molecule has 1 saturated heterocycles. The van der Waals surface area contributed by atoms with Crippen molar-refractivity contribution in [3.8, 4) is 0 Å². The zero-order valence-corrected chi connectivity index (χ0v) is 10.5. The Kier molecular flexibility index (Phi) is 4.07. The third kappa shape index (κ3) is 3.12. The van der Waals surface area contributed by atoms with Crippen LogP contribution in [-0.2, 0) is 6.54 Å². The van der Waals surface area contributed by atoms with E-state index in [1.165, 1.54) is 18.7 Å². The highest BCUT2D eigenvalue weighted by molar-refractivity contribution is 8.00. The van der Waals surface area contributed by atoms with Gasteiger partial charge < -0.3 is 5.73 Å². The molecular formula is C12H19N3S. The molecule has 0 amide bonds. The molecule has 1 unspecified atom stereocenters. The lowest BCUT2D eigenvalue weighted by molar-refractivity contribution is 0.270. The van der Waals surface area contributed by atoms with Gasteiger partial charge in [0.05, 0.1) is 5.69 Å². The maximum absolute atomic E-state index is 5.75. The van der Waals surface area contributed by atoms with E-state index in [9.17, 15) is 0 Å². The minimum Gasteiger partial charge on any atom is -0.399 e. The van der Waals surface area contributed by atoms with Crippen LogP contribution in [0.1, 0.15) is 19.0 Å². The zero-order valence-electron chi connectivity index (χ0n) is 9.72. The Morgan fingerprint density at radius 3 is 3.25 bits per heavy atom. The third-order valence-electron chi connectivity index (χ3n) is 2.90. The number of aromatic nitrogens is 1. The molecule has 2 rings (SSSR count). The summed E-state index contributed by atoms with van der Waals surface area (Å²) in [5.74, 6) is 1.24. The number of pyridine rings is 1. The molecule has 88 valence electrons. The predicted molar refractivity (Wildman–Crippen MR) is 70.5 cm³/mol. The lowest BCUT2D eigenvalue weighted by Gasteiger charge is -2.31. The molecule has 1 aromatic rings. The zero-order chi connectivity index (χ0) is 11.4. The van der Waals surface area contributed by atoms with Gasteiger partial charge in [-0.05, 0) is 18.6 Å². The van der Waals surface area contributed by atoms with Gasteiger partial charge in [-0.25, -0.2) is 0 Å². The highest BCUT2D eigenvalue weighted by atomic mass is 32.2. The fraction of sp³-hybridized carbons (Fsp3) is 0.583. The average Bonchev–Trinajstić information content (AvgIpc) is 2.29. The van der Waals surface area contributed by atoms with E-state index in [1.807, 2.05) is 12.1 Å². The predicted octanol–water partition coefficient (Wildman–Crippen LogP) is 1.99. The highest BCUT2D eigenvalue weighted by Crippen LogP contribution is 2.22. The summed E-state index contributed by atoms with van der Waals surface area (Å²) in [4.78, 5) is 6.83. The van der Waals surface area contributed by atoms with Crippen molar-refractivity contribution in [3.05, 3.63) is 24.0 Å². The molecule has 0 saturated carbocycles. The largest absolute Gasteiger partial charge is 0.399 e. The van der Waals surface area contributed by atoms with Gasteiger partial charge in [0, 0.05) is 42.5 Å². The summed E-state index contributed by atoms with van der Waals surface area (Å²) < 4.78 is 0. The molecule has 0 bridgehead atoms. The Morgan fingerprint density at radius 2 is 2.50 bits per heavy atom. The van der Waals surface area contributed by atoms with Crippen LogP contribution in [0.15, 0.2) is 18.3 Å². The molecule has 0 aromatic carbocycles. The Balaban J connectivity index is 1.94. The topological polar surface area (TPSA) is 42.1 Å². The number of nitrogens with zero attached hydrogens (tertiary/aromatic N) is 2. The number of anilines is 1. The van der Waals surface area contributed by atoms with Gasteiger partial charge in [-0.15, -0.1) is 0 Å². The maximum atomic E-state index is 5.75. The third-order valence-corrected chi connectivity index (χ3v) is 4.28. The first-order valence-corrected chi connectivity index (χ1v) is 6.87. The fourth-order valence-corrected chi connectivity index (χ4v) is 3.23. The van der Waals surface area contributed by atoms with Gasteiger partial charge in [0.1, 0.15) is 0 Å². The van der Waals surface area contributed by atoms with Gasteiger partial charge in [-0.3, -0.25) is 9.88 Å². The molecule has 3 nitrogen and oxygen atoms in total. The summed E-state index contributed by atoms with van der Waals surface area (Å²) >= 11 is 2.09. The van der Waals surface area contributed by atoms with Gasteiger partial charge in [0.2, 0.25) is 0 Å². The summed E-state index contributed by atoms with van der Waals surface area (Å²) in [6.07, 6.45) is 3.05. The number of hydrogen-bond donors (Lipinski definition) is 1. The number of nitrogens with two attached hydrogens (primary N) is 1. The second-order valence-electron chi connectivity index (χ2n) is 4.22. The quantitative estimate of drug-likeness (QED) is 0.873. The first-order valence-electron chi connectivity index (χ1n) is 5.82. The number of nitrogen functional groups attached to an aromatic ring is 1. The van der Waals surface area contributed by atoms with Crippen molar-refractivity contribution in [1.82, 2.24) is 9.88 Å². The molecule has 1 aromatic heterocycles. The monoisotopic (exact) mass is 237 g/mol. The molecule has 0 spiro atoms. The van der Waals surface area contributed by atoms with Gasteiger partial charge in [0.15, 0.2) is 0 Å². The van der Waals surface area contributed by atoms with E-state index in [0.29, 0.717) is 0 Å². The molecule has 2 N–H and O–H groups in total. The maximum Gasteiger partial charge on any atom is 0.0564 e. The normalized spacial score (nSPS) is 22.2. The van der Waals surface area contributed by atoms with Crippen LogP contribution in [0.25, 0.3) is 0 Å². The molecular weight excluding hydrogens is 218 g/mol. The summed E-state index contributed by atoms with van der Waals surface area (Å²) in [7, 11) is 0. The highest BCUT2D eigenvalue weighted by Gasteiger charge is 2.18. The van der Waals surface area contributed by atoms with E-state index in [0.717, 1.165) is 29.7 Å². The molecule has 1 atom stereocenters.